The average Bonchev–Trinajstić information content (AvgIpc) is 2.72. The van der Waals surface area contributed by atoms with Gasteiger partial charge in [0.25, 0.3) is 0 Å². The van der Waals surface area contributed by atoms with E-state index in [2.05, 4.69) is 78.8 Å². The number of hydrogen-bond acceptors (Lipinski definition) is 3. The van der Waals surface area contributed by atoms with E-state index in [0.717, 1.165) is 25.0 Å². The summed E-state index contributed by atoms with van der Waals surface area (Å²) in [6.07, 6.45) is 19.0. The van der Waals surface area contributed by atoms with Crippen molar-refractivity contribution in [3.05, 3.63) is 36.8 Å². The molecule has 0 spiro atoms. The molecule has 0 aliphatic carbocycles. The van der Waals surface area contributed by atoms with Crippen molar-refractivity contribution in [1.29, 1.82) is 0 Å². The SMILES string of the molecule is C=C(CCCCCC)NC(C)C.C=C(CCCCCC)NC(C)C.C=C(N)CCCCCC. The van der Waals surface area contributed by atoms with Crippen molar-refractivity contribution in [2.75, 3.05) is 0 Å². The lowest BCUT2D eigenvalue weighted by atomic mass is 10.1. The second kappa shape index (κ2) is 28.7. The third kappa shape index (κ3) is 41.4. The molecule has 0 rings (SSSR count). The van der Waals surface area contributed by atoms with Crippen LogP contribution in [0.5, 0.6) is 0 Å². The van der Waals surface area contributed by atoms with Gasteiger partial charge in [-0.1, -0.05) is 98.3 Å². The van der Waals surface area contributed by atoms with Gasteiger partial charge in [-0.2, -0.15) is 0 Å². The third-order valence-electron chi connectivity index (χ3n) is 5.00. The van der Waals surface area contributed by atoms with Crippen molar-refractivity contribution < 1.29 is 0 Å². The first-order valence-corrected chi connectivity index (χ1v) is 13.9. The normalized spacial score (nSPS) is 10.1. The van der Waals surface area contributed by atoms with E-state index in [9.17, 15) is 0 Å². The summed E-state index contributed by atoms with van der Waals surface area (Å²) < 4.78 is 0. The van der Waals surface area contributed by atoms with Gasteiger partial charge in [0.1, 0.15) is 0 Å². The summed E-state index contributed by atoms with van der Waals surface area (Å²) in [7, 11) is 0. The minimum absolute atomic E-state index is 0.531. The maximum absolute atomic E-state index is 5.38. The Labute approximate surface area is 210 Å². The van der Waals surface area contributed by atoms with Crippen LogP contribution >= 0.6 is 0 Å². The van der Waals surface area contributed by atoms with Crippen LogP contribution in [0.2, 0.25) is 0 Å². The van der Waals surface area contributed by atoms with Crippen molar-refractivity contribution in [1.82, 2.24) is 10.6 Å². The molecule has 0 radical (unpaired) electrons. The molecule has 0 aromatic carbocycles. The molecule has 0 saturated heterocycles. The Hall–Kier alpha value is -1.38. The van der Waals surface area contributed by atoms with Gasteiger partial charge >= 0.3 is 0 Å². The molecule has 0 fully saturated rings. The molecule has 0 saturated carbocycles. The third-order valence-corrected chi connectivity index (χ3v) is 5.00. The van der Waals surface area contributed by atoms with Gasteiger partial charge < -0.3 is 16.4 Å². The fourth-order valence-electron chi connectivity index (χ4n) is 3.27. The molecule has 0 aliphatic rings. The molecule has 0 aromatic rings. The topological polar surface area (TPSA) is 50.1 Å². The van der Waals surface area contributed by atoms with Gasteiger partial charge in [0.2, 0.25) is 0 Å². The van der Waals surface area contributed by atoms with E-state index in [1.807, 2.05) is 0 Å². The van der Waals surface area contributed by atoms with Crippen LogP contribution < -0.4 is 16.4 Å². The van der Waals surface area contributed by atoms with Crippen molar-refractivity contribution >= 4 is 0 Å². The lowest BCUT2D eigenvalue weighted by Gasteiger charge is -2.12. The quantitative estimate of drug-likeness (QED) is 0.166. The van der Waals surface area contributed by atoms with E-state index in [1.165, 1.54) is 88.4 Å². The maximum atomic E-state index is 5.38. The Morgan fingerprint density at radius 2 is 0.848 bits per heavy atom. The van der Waals surface area contributed by atoms with Crippen molar-refractivity contribution in [2.24, 2.45) is 5.73 Å². The molecule has 0 unspecified atom stereocenters. The lowest BCUT2D eigenvalue weighted by Crippen LogP contribution is -2.21. The van der Waals surface area contributed by atoms with E-state index in [4.69, 9.17) is 5.73 Å². The number of rotatable bonds is 19. The van der Waals surface area contributed by atoms with Crippen LogP contribution in [0, 0.1) is 0 Å². The molecule has 3 heteroatoms. The van der Waals surface area contributed by atoms with Gasteiger partial charge in [0.15, 0.2) is 0 Å². The Kier molecular flexibility index (Phi) is 31.4. The monoisotopic (exact) mass is 466 g/mol. The summed E-state index contributed by atoms with van der Waals surface area (Å²) in [6, 6.07) is 1.06. The summed E-state index contributed by atoms with van der Waals surface area (Å²) in [6.45, 7) is 26.9. The second-order valence-corrected chi connectivity index (χ2v) is 9.90. The van der Waals surface area contributed by atoms with Crippen molar-refractivity contribution in [3.8, 4) is 0 Å². The average molecular weight is 466 g/mol. The van der Waals surface area contributed by atoms with E-state index in [0.29, 0.717) is 12.1 Å². The van der Waals surface area contributed by atoms with Gasteiger partial charge in [-0.05, 0) is 66.2 Å². The number of unbranched alkanes of at least 4 members (excludes halogenated alkanes) is 9. The van der Waals surface area contributed by atoms with Crippen LogP contribution in [0.1, 0.15) is 145 Å². The van der Waals surface area contributed by atoms with Crippen molar-refractivity contribution in [2.45, 2.75) is 157 Å². The first kappa shape index (κ1) is 36.2. The van der Waals surface area contributed by atoms with Crippen molar-refractivity contribution in [3.63, 3.8) is 0 Å². The van der Waals surface area contributed by atoms with E-state index in [-0.39, 0.29) is 0 Å². The molecule has 0 aromatic heterocycles. The molecule has 0 aliphatic heterocycles. The molecule has 0 heterocycles. The van der Waals surface area contributed by atoms with E-state index < -0.39 is 0 Å². The Balaban J connectivity index is -0.000000414. The molecule has 198 valence electrons. The number of hydrogen-bond donors (Lipinski definition) is 3. The standard InChI is InChI=1S/2C11H23N.C8H17N/c2*1-5-6-7-8-9-11(4)12-10(2)3;1-3-4-5-6-7-8(2)9/h2*10,12H,4-9H2,1-3H3;2-7,9H2,1H3. The predicted octanol–water partition coefficient (Wildman–Crippen LogP) is 9.37. The Morgan fingerprint density at radius 3 is 1.09 bits per heavy atom. The summed E-state index contributed by atoms with van der Waals surface area (Å²) in [5.74, 6) is 0. The Morgan fingerprint density at radius 1 is 0.545 bits per heavy atom. The van der Waals surface area contributed by atoms with Gasteiger partial charge in [-0.25, -0.2) is 0 Å². The molecular formula is C30H63N3. The number of allylic oxidation sites excluding steroid dienone is 3. The molecular weight excluding hydrogens is 402 g/mol. The molecule has 0 bridgehead atoms. The highest BCUT2D eigenvalue weighted by Gasteiger charge is 1.96. The maximum Gasteiger partial charge on any atom is 0.0201 e. The van der Waals surface area contributed by atoms with Crippen LogP contribution in [0.4, 0.5) is 0 Å². The van der Waals surface area contributed by atoms with Gasteiger partial charge in [0.05, 0.1) is 0 Å². The highest BCUT2D eigenvalue weighted by atomic mass is 14.9. The zero-order valence-corrected chi connectivity index (χ0v) is 24.0. The summed E-state index contributed by atoms with van der Waals surface area (Å²) >= 11 is 0. The predicted molar refractivity (Wildman–Crippen MR) is 154 cm³/mol. The van der Waals surface area contributed by atoms with Crippen LogP contribution in [-0.2, 0) is 0 Å². The number of nitrogens with one attached hydrogen (secondary N) is 2. The molecule has 0 amide bonds. The fourth-order valence-corrected chi connectivity index (χ4v) is 3.27. The van der Waals surface area contributed by atoms with Crippen LogP contribution in [-0.4, -0.2) is 12.1 Å². The van der Waals surface area contributed by atoms with Gasteiger partial charge in [-0.3, -0.25) is 0 Å². The largest absolute Gasteiger partial charge is 0.403 e. The van der Waals surface area contributed by atoms with Crippen LogP contribution in [0.3, 0.4) is 0 Å². The highest BCUT2D eigenvalue weighted by molar-refractivity contribution is 4.92. The smallest absolute Gasteiger partial charge is 0.0201 e. The Bertz CT molecular complexity index is 408. The first-order chi connectivity index (χ1) is 15.6. The summed E-state index contributed by atoms with van der Waals surface area (Å²) in [5, 5.41) is 6.65. The fraction of sp³-hybridized carbons (Fsp3) is 0.800. The van der Waals surface area contributed by atoms with E-state index in [1.54, 1.807) is 0 Å². The summed E-state index contributed by atoms with van der Waals surface area (Å²) in [4.78, 5) is 0. The van der Waals surface area contributed by atoms with Crippen LogP contribution in [0.15, 0.2) is 36.8 Å². The highest BCUT2D eigenvalue weighted by Crippen LogP contribution is 2.08. The second-order valence-electron chi connectivity index (χ2n) is 9.90. The lowest BCUT2D eigenvalue weighted by molar-refractivity contribution is 0.603. The van der Waals surface area contributed by atoms with E-state index >= 15 is 0 Å². The zero-order chi connectivity index (χ0) is 25.9. The van der Waals surface area contributed by atoms with Crippen LogP contribution in [0.25, 0.3) is 0 Å². The van der Waals surface area contributed by atoms with Gasteiger partial charge in [0, 0.05) is 29.2 Å². The zero-order valence-electron chi connectivity index (χ0n) is 24.0. The molecule has 33 heavy (non-hydrogen) atoms. The van der Waals surface area contributed by atoms with Gasteiger partial charge in [-0.15, -0.1) is 0 Å². The molecule has 4 N–H and O–H groups in total. The molecule has 0 atom stereocenters. The minimum Gasteiger partial charge on any atom is -0.403 e. The molecule has 3 nitrogen and oxygen atoms in total. The first-order valence-electron chi connectivity index (χ1n) is 13.9. The summed E-state index contributed by atoms with van der Waals surface area (Å²) in [5.41, 5.74) is 8.60. The number of nitrogens with two attached hydrogens (primary N) is 1. The minimum atomic E-state index is 0.531.